The molecule has 2 bridgehead atoms. The van der Waals surface area contributed by atoms with E-state index in [0.717, 1.165) is 16.1 Å². The van der Waals surface area contributed by atoms with Crippen LogP contribution in [0.4, 0.5) is 20.1 Å². The van der Waals surface area contributed by atoms with Crippen molar-refractivity contribution < 1.29 is 18.4 Å². The number of thiazole rings is 1. The number of carbonyl (C=O) groups excluding carboxylic acids is 1. The van der Waals surface area contributed by atoms with Crippen molar-refractivity contribution >= 4 is 28.4 Å². The van der Waals surface area contributed by atoms with E-state index in [0.29, 0.717) is 36.2 Å². The standard InChI is InChI=1S/C19H18FN5O3S/c1-27-19(26)24-8-12-6-13-17(29-18(21)22-13)14(9-24)25(12)16-7-15(28-23-16)10-2-4-11(20)5-3-10/h2-5,7,12,14H,6,8-9H2,1H3,(H2,21,22). The number of fused-ring (bicyclic) bond motifs is 4. The Kier molecular flexibility index (Phi) is 4.16. The molecular formula is C19H18FN5O3S. The summed E-state index contributed by atoms with van der Waals surface area (Å²) in [6.07, 6.45) is 0.291. The number of nitrogens with two attached hydrogens (primary N) is 1. The summed E-state index contributed by atoms with van der Waals surface area (Å²) in [6.45, 7) is 0.926. The van der Waals surface area contributed by atoms with Crippen molar-refractivity contribution in [1.29, 1.82) is 0 Å². The molecule has 2 atom stereocenters. The number of anilines is 2. The number of halogens is 1. The SMILES string of the molecule is COC(=O)N1CC2Cc3nc(N)sc3C(C1)N2c1cc(-c2ccc(F)cc2)on1. The van der Waals surface area contributed by atoms with Crippen molar-refractivity contribution in [2.24, 2.45) is 0 Å². The fourth-order valence-corrected chi connectivity index (χ4v) is 5.07. The van der Waals surface area contributed by atoms with Gasteiger partial charge in [0.05, 0.1) is 29.8 Å². The molecule has 1 fully saturated rings. The summed E-state index contributed by atoms with van der Waals surface area (Å²) in [5, 5.41) is 4.78. The Morgan fingerprint density at radius 1 is 1.34 bits per heavy atom. The Balaban J connectivity index is 1.52. The van der Waals surface area contributed by atoms with Gasteiger partial charge in [-0.15, -0.1) is 0 Å². The van der Waals surface area contributed by atoms with Gasteiger partial charge in [0.15, 0.2) is 16.7 Å². The number of hydrogen-bond donors (Lipinski definition) is 1. The summed E-state index contributed by atoms with van der Waals surface area (Å²) in [4.78, 5) is 21.5. The number of carbonyl (C=O) groups is 1. The predicted octanol–water partition coefficient (Wildman–Crippen LogP) is 3.07. The highest BCUT2D eigenvalue weighted by Crippen LogP contribution is 2.44. The monoisotopic (exact) mass is 415 g/mol. The molecule has 2 aromatic heterocycles. The molecule has 8 nitrogen and oxygen atoms in total. The highest BCUT2D eigenvalue weighted by Gasteiger charge is 2.45. The van der Waals surface area contributed by atoms with E-state index in [4.69, 9.17) is 15.0 Å². The average Bonchev–Trinajstić information content (AvgIpc) is 3.33. The fourth-order valence-electron chi connectivity index (χ4n) is 4.12. The molecule has 1 aromatic carbocycles. The molecule has 29 heavy (non-hydrogen) atoms. The van der Waals surface area contributed by atoms with Crippen molar-refractivity contribution in [3.63, 3.8) is 0 Å². The number of amides is 1. The lowest BCUT2D eigenvalue weighted by Crippen LogP contribution is -2.59. The molecule has 5 rings (SSSR count). The summed E-state index contributed by atoms with van der Waals surface area (Å²) >= 11 is 1.43. The maximum atomic E-state index is 13.2. The van der Waals surface area contributed by atoms with E-state index in [1.165, 1.54) is 30.6 Å². The number of nitrogen functional groups attached to an aromatic ring is 1. The molecule has 2 unspecified atom stereocenters. The quantitative estimate of drug-likeness (QED) is 0.687. The van der Waals surface area contributed by atoms with Gasteiger partial charge in [-0.25, -0.2) is 14.2 Å². The van der Waals surface area contributed by atoms with Crippen LogP contribution in [0.3, 0.4) is 0 Å². The molecular weight excluding hydrogens is 397 g/mol. The lowest BCUT2D eigenvalue weighted by Gasteiger charge is -2.48. The minimum atomic E-state index is -0.354. The third kappa shape index (κ3) is 3.00. The fraction of sp³-hybridized carbons (Fsp3) is 0.316. The van der Waals surface area contributed by atoms with Crippen LogP contribution in [0.1, 0.15) is 16.6 Å². The van der Waals surface area contributed by atoms with Gasteiger partial charge in [-0.3, -0.25) is 0 Å². The van der Waals surface area contributed by atoms with Crippen LogP contribution in [0.5, 0.6) is 0 Å². The second-order valence-corrected chi connectivity index (χ2v) is 8.14. The minimum Gasteiger partial charge on any atom is -0.453 e. The Morgan fingerprint density at radius 3 is 2.90 bits per heavy atom. The second kappa shape index (κ2) is 6.73. The first-order chi connectivity index (χ1) is 14.0. The van der Waals surface area contributed by atoms with Crippen LogP contribution in [0.25, 0.3) is 11.3 Å². The topological polar surface area (TPSA) is 97.7 Å². The van der Waals surface area contributed by atoms with Crippen molar-refractivity contribution in [1.82, 2.24) is 15.0 Å². The van der Waals surface area contributed by atoms with Gasteiger partial charge in [-0.1, -0.05) is 16.5 Å². The predicted molar refractivity (Wildman–Crippen MR) is 105 cm³/mol. The molecule has 0 aliphatic carbocycles. The molecule has 2 N–H and O–H groups in total. The van der Waals surface area contributed by atoms with Crippen molar-refractivity contribution in [3.05, 3.63) is 46.7 Å². The van der Waals surface area contributed by atoms with Crippen molar-refractivity contribution in [2.45, 2.75) is 18.5 Å². The van der Waals surface area contributed by atoms with Crippen LogP contribution in [-0.4, -0.2) is 47.4 Å². The average molecular weight is 415 g/mol. The summed E-state index contributed by atoms with van der Waals surface area (Å²) in [7, 11) is 1.38. The van der Waals surface area contributed by atoms with Crippen LogP contribution in [0, 0.1) is 5.82 Å². The molecule has 1 amide bonds. The van der Waals surface area contributed by atoms with Gasteiger partial charge < -0.3 is 24.8 Å². The van der Waals surface area contributed by atoms with Crippen LogP contribution >= 0.6 is 11.3 Å². The molecule has 0 spiro atoms. The van der Waals surface area contributed by atoms with E-state index in [-0.39, 0.29) is 24.0 Å². The lowest BCUT2D eigenvalue weighted by molar-refractivity contribution is 0.104. The maximum absolute atomic E-state index is 13.2. The summed E-state index contributed by atoms with van der Waals surface area (Å²) in [5.41, 5.74) is 7.68. The van der Waals surface area contributed by atoms with E-state index >= 15 is 0 Å². The Bertz CT molecular complexity index is 1070. The van der Waals surface area contributed by atoms with Crippen molar-refractivity contribution in [2.75, 3.05) is 30.8 Å². The van der Waals surface area contributed by atoms with E-state index < -0.39 is 0 Å². The molecule has 2 aliphatic heterocycles. The number of rotatable bonds is 2. The van der Waals surface area contributed by atoms with Gasteiger partial charge in [0.25, 0.3) is 0 Å². The smallest absolute Gasteiger partial charge is 0.409 e. The molecule has 0 radical (unpaired) electrons. The minimum absolute atomic E-state index is 0.0342. The van der Waals surface area contributed by atoms with E-state index in [9.17, 15) is 9.18 Å². The van der Waals surface area contributed by atoms with Crippen molar-refractivity contribution in [3.8, 4) is 11.3 Å². The number of nitrogens with zero attached hydrogens (tertiary/aromatic N) is 4. The van der Waals surface area contributed by atoms with Gasteiger partial charge in [0.1, 0.15) is 5.82 Å². The molecule has 2 aliphatic rings. The first-order valence-corrected chi connectivity index (χ1v) is 9.94. The lowest BCUT2D eigenvalue weighted by atomic mass is 9.93. The number of ether oxygens (including phenoxy) is 1. The second-order valence-electron chi connectivity index (χ2n) is 7.08. The van der Waals surface area contributed by atoms with E-state index in [1.54, 1.807) is 17.0 Å². The molecule has 0 saturated carbocycles. The number of piperazine rings is 1. The first kappa shape index (κ1) is 17.9. The molecule has 3 aromatic rings. The van der Waals surface area contributed by atoms with Crippen LogP contribution in [0.15, 0.2) is 34.9 Å². The van der Waals surface area contributed by atoms with Crippen LogP contribution < -0.4 is 10.6 Å². The third-order valence-electron chi connectivity index (χ3n) is 5.35. The Morgan fingerprint density at radius 2 is 2.14 bits per heavy atom. The van der Waals surface area contributed by atoms with Gasteiger partial charge in [0, 0.05) is 31.1 Å². The zero-order valence-corrected chi connectivity index (χ0v) is 16.4. The number of methoxy groups -OCH3 is 1. The first-order valence-electron chi connectivity index (χ1n) is 9.12. The highest BCUT2D eigenvalue weighted by atomic mass is 32.1. The zero-order valence-electron chi connectivity index (χ0n) is 15.5. The highest BCUT2D eigenvalue weighted by molar-refractivity contribution is 7.15. The number of benzene rings is 1. The summed E-state index contributed by atoms with van der Waals surface area (Å²) < 4.78 is 23.7. The Labute approximate surface area is 169 Å². The largest absolute Gasteiger partial charge is 0.453 e. The van der Waals surface area contributed by atoms with Gasteiger partial charge in [0.2, 0.25) is 0 Å². The van der Waals surface area contributed by atoms with Gasteiger partial charge in [-0.2, -0.15) is 0 Å². The normalized spacial score (nSPS) is 20.5. The zero-order chi connectivity index (χ0) is 20.1. The van der Waals surface area contributed by atoms with Gasteiger partial charge >= 0.3 is 6.09 Å². The van der Waals surface area contributed by atoms with E-state index in [1.807, 2.05) is 6.07 Å². The Hall–Kier alpha value is -3.14. The summed E-state index contributed by atoms with van der Waals surface area (Å²) in [5.74, 6) is 0.913. The molecule has 10 heteroatoms. The maximum Gasteiger partial charge on any atom is 0.409 e. The molecule has 4 heterocycles. The molecule has 1 saturated heterocycles. The van der Waals surface area contributed by atoms with Crippen LogP contribution in [0.2, 0.25) is 0 Å². The van der Waals surface area contributed by atoms with E-state index in [2.05, 4.69) is 15.0 Å². The number of aromatic nitrogens is 2. The van der Waals surface area contributed by atoms with Gasteiger partial charge in [-0.05, 0) is 24.3 Å². The summed E-state index contributed by atoms with van der Waals surface area (Å²) in [6, 6.07) is 7.73. The van der Waals surface area contributed by atoms with Crippen LogP contribution in [-0.2, 0) is 11.2 Å². The third-order valence-corrected chi connectivity index (χ3v) is 6.38. The number of hydrogen-bond acceptors (Lipinski definition) is 8. The molecule has 150 valence electrons.